The summed E-state index contributed by atoms with van der Waals surface area (Å²) in [6, 6.07) is 59.5. The Labute approximate surface area is 326 Å². The maximum atomic E-state index is 9.75. The summed E-state index contributed by atoms with van der Waals surface area (Å²) in [6.45, 7) is 0. The fraction of sp³-hybridized carbons (Fsp3) is 0. The number of hydrogen-bond acceptors (Lipinski definition) is 6. The second-order valence-electron chi connectivity index (χ2n) is 13.5. The minimum atomic E-state index is 0.545. The van der Waals surface area contributed by atoms with Gasteiger partial charge in [0.1, 0.15) is 17.1 Å². The molecule has 0 fully saturated rings. The summed E-state index contributed by atoms with van der Waals surface area (Å²) >= 11 is 0. The molecule has 0 saturated carbocycles. The molecule has 57 heavy (non-hydrogen) atoms. The molecule has 0 spiro atoms. The first-order valence-corrected chi connectivity index (χ1v) is 18.2. The first-order chi connectivity index (χ1) is 28.1. The van der Waals surface area contributed by atoms with E-state index in [0.717, 1.165) is 67.2 Å². The molecule has 9 nitrogen and oxygen atoms in total. The number of nitriles is 3. The van der Waals surface area contributed by atoms with Gasteiger partial charge in [-0.15, -0.1) is 0 Å². The molecule has 0 amide bonds. The van der Waals surface area contributed by atoms with E-state index >= 15 is 0 Å². The lowest BCUT2D eigenvalue weighted by atomic mass is 9.99. The number of benzene rings is 6. The lowest BCUT2D eigenvalue weighted by Gasteiger charge is -2.09. The summed E-state index contributed by atoms with van der Waals surface area (Å²) in [6.07, 6.45) is 0. The van der Waals surface area contributed by atoms with Gasteiger partial charge in [-0.1, -0.05) is 127 Å². The van der Waals surface area contributed by atoms with Gasteiger partial charge in [0.05, 0.1) is 51.6 Å². The van der Waals surface area contributed by atoms with Crippen LogP contribution in [0.3, 0.4) is 0 Å². The molecule has 6 aromatic carbocycles. The van der Waals surface area contributed by atoms with Crippen molar-refractivity contribution < 1.29 is 0 Å². The zero-order valence-corrected chi connectivity index (χ0v) is 30.1. The van der Waals surface area contributed by atoms with Crippen molar-refractivity contribution in [2.24, 2.45) is 0 Å². The maximum Gasteiger partial charge on any atom is 0.169 e. The molecule has 0 atom stereocenters. The number of rotatable bonds is 6. The van der Waals surface area contributed by atoms with E-state index < -0.39 is 0 Å². The Morgan fingerprint density at radius 3 is 0.772 bits per heavy atom. The third-order valence-electron chi connectivity index (χ3n) is 10.2. The van der Waals surface area contributed by atoms with Crippen LogP contribution in [0.1, 0.15) is 16.7 Å². The minimum absolute atomic E-state index is 0.545. The Morgan fingerprint density at radius 1 is 0.298 bits per heavy atom. The van der Waals surface area contributed by atoms with Gasteiger partial charge in [-0.25, -0.2) is 0 Å². The van der Waals surface area contributed by atoms with Crippen molar-refractivity contribution in [1.82, 2.24) is 28.8 Å². The van der Waals surface area contributed by atoms with E-state index in [9.17, 15) is 15.8 Å². The summed E-state index contributed by atoms with van der Waals surface area (Å²) in [5.41, 5.74) is 13.6. The normalized spacial score (nSPS) is 11.1. The Bertz CT molecular complexity index is 2880. The maximum absolute atomic E-state index is 9.75. The first kappa shape index (κ1) is 33.0. The Balaban J connectivity index is 1.48. The number of nitrogens with zero attached hydrogens (tertiary/aromatic N) is 9. The quantitative estimate of drug-likeness (QED) is 0.168. The number of hydrogen-bond donors (Lipinski definition) is 0. The fourth-order valence-corrected chi connectivity index (χ4v) is 7.58. The summed E-state index contributed by atoms with van der Waals surface area (Å²) in [5.74, 6) is 0. The van der Waals surface area contributed by atoms with Crippen LogP contribution < -0.4 is 0 Å². The van der Waals surface area contributed by atoms with Crippen molar-refractivity contribution in [3.05, 3.63) is 180 Å². The Kier molecular flexibility index (Phi) is 7.75. The van der Waals surface area contributed by atoms with Crippen molar-refractivity contribution >= 4 is 16.9 Å². The van der Waals surface area contributed by atoms with E-state index in [1.165, 1.54) is 0 Å². The second kappa shape index (κ2) is 13.4. The van der Waals surface area contributed by atoms with E-state index in [4.69, 9.17) is 15.3 Å². The molecular formula is C48H27N9. The largest absolute Gasteiger partial charge is 0.195 e. The smallest absolute Gasteiger partial charge is 0.169 e. The van der Waals surface area contributed by atoms with E-state index in [-0.39, 0.29) is 0 Å². The van der Waals surface area contributed by atoms with E-state index in [2.05, 4.69) is 18.2 Å². The number of aromatic nitrogens is 6. The van der Waals surface area contributed by atoms with Gasteiger partial charge < -0.3 is 0 Å². The van der Waals surface area contributed by atoms with Crippen LogP contribution in [0.5, 0.6) is 0 Å². The lowest BCUT2D eigenvalue weighted by Crippen LogP contribution is -2.06. The van der Waals surface area contributed by atoms with Gasteiger partial charge in [-0.3, -0.25) is 0 Å². The van der Waals surface area contributed by atoms with Gasteiger partial charge in [0.15, 0.2) is 16.9 Å². The van der Waals surface area contributed by atoms with Crippen LogP contribution >= 0.6 is 0 Å². The van der Waals surface area contributed by atoms with Crippen LogP contribution in [-0.2, 0) is 0 Å². The molecule has 10 aromatic rings. The van der Waals surface area contributed by atoms with Gasteiger partial charge >= 0.3 is 0 Å². The van der Waals surface area contributed by atoms with Crippen LogP contribution in [0.15, 0.2) is 164 Å². The molecule has 0 aliphatic carbocycles. The molecule has 4 aromatic heterocycles. The van der Waals surface area contributed by atoms with Crippen molar-refractivity contribution in [2.45, 2.75) is 0 Å². The SMILES string of the molecule is N#Cc1ccc(-c2c(-c3ccccc3)nn3c2n2nc(-c4ccccc4)c(-c4ccc(C#N)cc4)c2n2nc(-c4ccccc4)c(-c4ccc(C#N)cc4)c32)cc1. The number of fused-ring (bicyclic) bond motifs is 6. The molecule has 4 heterocycles. The average Bonchev–Trinajstić information content (AvgIpc) is 4.00. The first-order valence-electron chi connectivity index (χ1n) is 18.2. The molecule has 0 bridgehead atoms. The van der Waals surface area contributed by atoms with Crippen LogP contribution in [0.4, 0.5) is 0 Å². The molecule has 0 aliphatic heterocycles. The average molecular weight is 730 g/mol. The van der Waals surface area contributed by atoms with Crippen LogP contribution in [-0.4, -0.2) is 28.8 Å². The third-order valence-corrected chi connectivity index (χ3v) is 10.2. The monoisotopic (exact) mass is 729 g/mol. The predicted octanol–water partition coefficient (Wildman–Crippen LogP) is 10.2. The van der Waals surface area contributed by atoms with Gasteiger partial charge in [0.25, 0.3) is 0 Å². The van der Waals surface area contributed by atoms with E-state index in [1.807, 2.05) is 177 Å². The highest BCUT2D eigenvalue weighted by Gasteiger charge is 2.31. The highest BCUT2D eigenvalue weighted by molar-refractivity contribution is 6.00. The third kappa shape index (κ3) is 5.33. The molecule has 9 heteroatoms. The summed E-state index contributed by atoms with van der Waals surface area (Å²) in [4.78, 5) is 0. The molecule has 0 saturated heterocycles. The van der Waals surface area contributed by atoms with E-state index in [1.54, 1.807) is 0 Å². The molecule has 0 radical (unpaired) electrons. The van der Waals surface area contributed by atoms with Crippen LogP contribution in [0.25, 0.3) is 84.1 Å². The summed E-state index contributed by atoms with van der Waals surface area (Å²) in [5, 5.41) is 45.6. The highest BCUT2D eigenvalue weighted by Crippen LogP contribution is 2.44. The topological polar surface area (TPSA) is 123 Å². The lowest BCUT2D eigenvalue weighted by molar-refractivity contribution is 0.832. The molecule has 0 N–H and O–H groups in total. The molecule has 10 rings (SSSR count). The molecule has 264 valence electrons. The molecule has 0 unspecified atom stereocenters. The zero-order chi connectivity index (χ0) is 38.5. The zero-order valence-electron chi connectivity index (χ0n) is 30.1. The van der Waals surface area contributed by atoms with Gasteiger partial charge in [0, 0.05) is 16.7 Å². The van der Waals surface area contributed by atoms with Crippen LogP contribution in [0.2, 0.25) is 0 Å². The predicted molar refractivity (Wildman–Crippen MR) is 219 cm³/mol. The molecular weight excluding hydrogens is 703 g/mol. The Morgan fingerprint density at radius 2 is 0.544 bits per heavy atom. The van der Waals surface area contributed by atoms with Gasteiger partial charge in [-0.05, 0) is 53.1 Å². The van der Waals surface area contributed by atoms with Gasteiger partial charge in [0.2, 0.25) is 0 Å². The Hall–Kier alpha value is -8.58. The van der Waals surface area contributed by atoms with Crippen LogP contribution in [0, 0.1) is 34.0 Å². The standard InChI is InChI=1S/C48H27N9/c49-28-31-16-22-34(23-17-31)40-43(37-10-4-1-5-11-37)52-55-46(40)56-48(42(36-26-20-33(30-51)21-27-36)45(53-56)39-14-8-3-9-15-39)57-47(55)41(35-24-18-32(29-50)19-25-35)44(54-57)38-12-6-2-7-13-38/h1-27H. The van der Waals surface area contributed by atoms with Gasteiger partial charge in [-0.2, -0.15) is 44.6 Å². The van der Waals surface area contributed by atoms with Crippen molar-refractivity contribution in [2.75, 3.05) is 0 Å². The molecule has 0 aliphatic rings. The highest BCUT2D eigenvalue weighted by atomic mass is 15.5. The summed E-state index contributed by atoms with van der Waals surface area (Å²) in [7, 11) is 0. The minimum Gasteiger partial charge on any atom is -0.195 e. The van der Waals surface area contributed by atoms with Crippen molar-refractivity contribution in [3.8, 4) is 85.4 Å². The fourth-order valence-electron chi connectivity index (χ4n) is 7.58. The van der Waals surface area contributed by atoms with Crippen molar-refractivity contribution in [1.29, 1.82) is 15.8 Å². The van der Waals surface area contributed by atoms with E-state index in [0.29, 0.717) is 33.6 Å². The summed E-state index contributed by atoms with van der Waals surface area (Å²) < 4.78 is 5.79. The second-order valence-corrected chi connectivity index (χ2v) is 13.5. The van der Waals surface area contributed by atoms with Crippen molar-refractivity contribution in [3.63, 3.8) is 0 Å².